The third-order valence-corrected chi connectivity index (χ3v) is 16.4. The molecule has 3 saturated heterocycles. The molecule has 24 atom stereocenters. The molecule has 0 bridgehead atoms. The van der Waals surface area contributed by atoms with Crippen molar-refractivity contribution in [1.29, 1.82) is 0 Å². The molecule has 0 aromatic rings. The maximum atomic E-state index is 12.6. The standard InChI is InChI=1S/C41H64O19/c1-16-35(60-38-33(51)30(48)28(46)24(59-38)15-55-36-32(50)29(47)27(45)23(13-42)58-36)31(49)34(52)37(56-16)57-19-11-18-4-5-22-21(40(18,3)25(43)12-19)6-8-39(2)20(7-9-41(22,39)53)17-10-26(44)54-14-17/h10,16,18-25,27-38,42-43,45-53H,4-9,11-15H2,1-3H3/t16?,18-,19-,20-,21?,22?,23?,24?,25-,27-,28-,29-,30-,31-,32+,33+,34+,35+,36?,37?,38?,39-,40+,41+/m1/s1. The van der Waals surface area contributed by atoms with Gasteiger partial charge in [-0.05, 0) is 86.5 Å². The summed E-state index contributed by atoms with van der Waals surface area (Å²) in [6.45, 7) is 4.82. The number of hydrogen-bond acceptors (Lipinski definition) is 19. The number of carbonyl (C=O) groups is 1. The molecule has 19 nitrogen and oxygen atoms in total. The maximum Gasteiger partial charge on any atom is 0.331 e. The van der Waals surface area contributed by atoms with Crippen molar-refractivity contribution in [1.82, 2.24) is 0 Å². The van der Waals surface area contributed by atoms with Gasteiger partial charge in [0.25, 0.3) is 0 Å². The van der Waals surface area contributed by atoms with E-state index in [4.69, 9.17) is 33.2 Å². The van der Waals surface area contributed by atoms with Crippen LogP contribution in [0.5, 0.6) is 0 Å². The highest BCUT2D eigenvalue weighted by atomic mass is 16.8. The molecule has 8 unspecified atom stereocenters. The average molecular weight is 861 g/mol. The van der Waals surface area contributed by atoms with Crippen molar-refractivity contribution < 1.29 is 94.1 Å². The second-order valence-electron chi connectivity index (χ2n) is 19.2. The smallest absolute Gasteiger partial charge is 0.331 e. The lowest BCUT2D eigenvalue weighted by Gasteiger charge is -2.64. The van der Waals surface area contributed by atoms with Crippen molar-refractivity contribution in [3.63, 3.8) is 0 Å². The lowest BCUT2D eigenvalue weighted by molar-refractivity contribution is -0.366. The lowest BCUT2D eigenvalue weighted by atomic mass is 9.42. The van der Waals surface area contributed by atoms with Gasteiger partial charge < -0.3 is 89.3 Å². The minimum atomic E-state index is -1.84. The molecule has 4 aliphatic carbocycles. The summed E-state index contributed by atoms with van der Waals surface area (Å²) in [7, 11) is 0. The zero-order valence-electron chi connectivity index (χ0n) is 34.2. The fraction of sp³-hybridized carbons (Fsp3) is 0.927. The molecule has 7 fully saturated rings. The SMILES string of the molecule is CC1OC(O[C@@H]2C[C@H]3CCC4C(CC[C@]5(C)[C@@H](C6=CC(=O)OC6)CC[C@]45O)[C@@]3(C)[C@H](O)C2)[C@@H](O)[C@@H](O)[C@H]1OC1OC(COC2OC(CO)[C@@H](O)[C@@H](O)[C@@H]2O)[C@@H](O)[C@@H](O)[C@@H]1O. The van der Waals surface area contributed by atoms with Crippen LogP contribution in [0.1, 0.15) is 72.1 Å². The monoisotopic (exact) mass is 860 g/mol. The number of ether oxygens (including phenoxy) is 7. The van der Waals surface area contributed by atoms with E-state index in [1.54, 1.807) is 13.0 Å². The zero-order chi connectivity index (χ0) is 43.2. The highest BCUT2D eigenvalue weighted by Crippen LogP contribution is 2.70. The molecule has 8 rings (SSSR count). The Hall–Kier alpha value is -1.47. The summed E-state index contributed by atoms with van der Waals surface area (Å²) in [4.78, 5) is 11.9. The molecule has 11 N–H and O–H groups in total. The molecule has 0 amide bonds. The van der Waals surface area contributed by atoms with Gasteiger partial charge >= 0.3 is 5.97 Å². The largest absolute Gasteiger partial charge is 0.458 e. The minimum absolute atomic E-state index is 0.0223. The molecule has 8 aliphatic rings. The number of rotatable bonds is 9. The predicted octanol–water partition coefficient (Wildman–Crippen LogP) is -2.92. The van der Waals surface area contributed by atoms with Crippen LogP contribution in [0.3, 0.4) is 0 Å². The second-order valence-corrected chi connectivity index (χ2v) is 19.2. The normalized spacial score (nSPS) is 55.7. The summed E-state index contributed by atoms with van der Waals surface area (Å²) < 4.78 is 40.0. The Labute approximate surface area is 347 Å². The van der Waals surface area contributed by atoms with Gasteiger partial charge in [0.1, 0.15) is 73.8 Å². The van der Waals surface area contributed by atoms with Crippen LogP contribution in [0.25, 0.3) is 0 Å². The Bertz CT molecular complexity index is 1580. The van der Waals surface area contributed by atoms with Gasteiger partial charge in [-0.2, -0.15) is 0 Å². The first-order valence-electron chi connectivity index (χ1n) is 21.6. The first-order valence-corrected chi connectivity index (χ1v) is 21.6. The Kier molecular flexibility index (Phi) is 12.7. The van der Waals surface area contributed by atoms with E-state index in [2.05, 4.69) is 13.8 Å². The van der Waals surface area contributed by atoms with Crippen LogP contribution < -0.4 is 0 Å². The number of cyclic esters (lactones) is 1. The van der Waals surface area contributed by atoms with Crippen LogP contribution >= 0.6 is 0 Å². The summed E-state index contributed by atoms with van der Waals surface area (Å²) in [5, 5.41) is 119. The fourth-order valence-electron chi connectivity index (χ4n) is 12.8. The average Bonchev–Trinajstić information content (AvgIpc) is 3.77. The van der Waals surface area contributed by atoms with Gasteiger partial charge in [-0.25, -0.2) is 4.79 Å². The van der Waals surface area contributed by atoms with E-state index in [0.717, 1.165) is 37.7 Å². The van der Waals surface area contributed by atoms with Crippen LogP contribution in [0.2, 0.25) is 0 Å². The Morgan fingerprint density at radius 3 is 2.05 bits per heavy atom. The number of aliphatic hydroxyl groups excluding tert-OH is 10. The molecule has 0 aromatic carbocycles. The van der Waals surface area contributed by atoms with E-state index in [0.29, 0.717) is 12.8 Å². The van der Waals surface area contributed by atoms with Crippen LogP contribution in [-0.2, 0) is 38.0 Å². The molecule has 19 heteroatoms. The number of esters is 1. The molecule has 342 valence electrons. The van der Waals surface area contributed by atoms with Gasteiger partial charge in [0.05, 0.1) is 37.1 Å². The Morgan fingerprint density at radius 1 is 0.717 bits per heavy atom. The second kappa shape index (κ2) is 16.8. The van der Waals surface area contributed by atoms with Crippen LogP contribution in [0, 0.1) is 34.5 Å². The molecule has 0 spiro atoms. The molecule has 0 radical (unpaired) electrons. The predicted molar refractivity (Wildman–Crippen MR) is 200 cm³/mol. The summed E-state index contributed by atoms with van der Waals surface area (Å²) in [6, 6.07) is 0. The summed E-state index contributed by atoms with van der Waals surface area (Å²) in [5.74, 6) is -0.185. The van der Waals surface area contributed by atoms with E-state index in [1.165, 1.54) is 0 Å². The molecule has 4 saturated carbocycles. The van der Waals surface area contributed by atoms with Gasteiger partial charge in [0.15, 0.2) is 18.9 Å². The molecule has 0 aromatic heterocycles. The van der Waals surface area contributed by atoms with Crippen molar-refractivity contribution in [2.45, 2.75) is 182 Å². The van der Waals surface area contributed by atoms with E-state index < -0.39 is 134 Å². The highest BCUT2D eigenvalue weighted by molar-refractivity contribution is 5.85. The van der Waals surface area contributed by atoms with E-state index >= 15 is 0 Å². The third-order valence-electron chi connectivity index (χ3n) is 16.4. The summed E-state index contributed by atoms with van der Waals surface area (Å²) >= 11 is 0. The molecule has 4 aliphatic heterocycles. The lowest BCUT2D eigenvalue weighted by Crippen LogP contribution is -2.66. The van der Waals surface area contributed by atoms with Gasteiger partial charge in [0.2, 0.25) is 0 Å². The fourth-order valence-corrected chi connectivity index (χ4v) is 12.8. The quantitative estimate of drug-likeness (QED) is 0.0817. The van der Waals surface area contributed by atoms with Crippen LogP contribution in [0.15, 0.2) is 11.6 Å². The molecule has 4 heterocycles. The van der Waals surface area contributed by atoms with Gasteiger partial charge in [-0.15, -0.1) is 0 Å². The first kappa shape index (κ1) is 45.1. The van der Waals surface area contributed by atoms with Crippen LogP contribution in [-0.4, -0.2) is 192 Å². The minimum Gasteiger partial charge on any atom is -0.458 e. The summed E-state index contributed by atoms with van der Waals surface area (Å²) in [5.41, 5.74) is -0.897. The number of aliphatic hydroxyl groups is 11. The Balaban J connectivity index is 0.876. The molecular weight excluding hydrogens is 796 g/mol. The van der Waals surface area contributed by atoms with Gasteiger partial charge in [0, 0.05) is 17.9 Å². The van der Waals surface area contributed by atoms with Crippen molar-refractivity contribution in [3.05, 3.63) is 11.6 Å². The Morgan fingerprint density at radius 2 is 1.37 bits per heavy atom. The van der Waals surface area contributed by atoms with Crippen molar-refractivity contribution in [3.8, 4) is 0 Å². The summed E-state index contributed by atoms with van der Waals surface area (Å²) in [6.07, 6.45) is -17.8. The maximum absolute atomic E-state index is 12.6. The van der Waals surface area contributed by atoms with Crippen LogP contribution in [0.4, 0.5) is 0 Å². The van der Waals surface area contributed by atoms with Gasteiger partial charge in [-0.3, -0.25) is 0 Å². The highest BCUT2D eigenvalue weighted by Gasteiger charge is 2.69. The zero-order valence-corrected chi connectivity index (χ0v) is 34.2. The molecule has 60 heavy (non-hydrogen) atoms. The van der Waals surface area contributed by atoms with E-state index in [9.17, 15) is 61.0 Å². The number of carbonyl (C=O) groups excluding carboxylic acids is 1. The van der Waals surface area contributed by atoms with Crippen molar-refractivity contribution in [2.24, 2.45) is 34.5 Å². The van der Waals surface area contributed by atoms with Gasteiger partial charge in [-0.1, -0.05) is 13.8 Å². The number of hydrogen-bond donors (Lipinski definition) is 11. The van der Waals surface area contributed by atoms with E-state index in [1.807, 2.05) is 0 Å². The third kappa shape index (κ3) is 7.30. The van der Waals surface area contributed by atoms with Crippen molar-refractivity contribution in [2.75, 3.05) is 19.8 Å². The first-order chi connectivity index (χ1) is 28.3. The molecular formula is C41H64O19. The van der Waals surface area contributed by atoms with E-state index in [-0.39, 0.29) is 42.7 Å². The topological polar surface area (TPSA) is 304 Å². The number of fused-ring (bicyclic) bond motifs is 5. The van der Waals surface area contributed by atoms with Crippen molar-refractivity contribution >= 4 is 5.97 Å².